The van der Waals surface area contributed by atoms with Gasteiger partial charge in [0.1, 0.15) is 0 Å². The second kappa shape index (κ2) is 5.51. The highest BCUT2D eigenvalue weighted by atomic mass is 16.5. The van der Waals surface area contributed by atoms with E-state index in [2.05, 4.69) is 30.1 Å². The molecule has 5 nitrogen and oxygen atoms in total. The number of benzene rings is 2. The predicted octanol–water partition coefficient (Wildman–Crippen LogP) is 2.44. The number of carbonyl (C=O) groups excluding carboxylic acids is 1. The van der Waals surface area contributed by atoms with E-state index in [4.69, 9.17) is 9.47 Å². The molecule has 7 rings (SSSR count). The molecule has 4 atom stereocenters. The van der Waals surface area contributed by atoms with E-state index in [0.717, 1.165) is 24.9 Å². The van der Waals surface area contributed by atoms with Crippen molar-refractivity contribution in [1.29, 1.82) is 0 Å². The van der Waals surface area contributed by atoms with E-state index in [1.165, 1.54) is 16.7 Å². The molecular weight excluding hydrogens is 390 g/mol. The molecule has 2 aromatic carbocycles. The number of methoxy groups -OCH3 is 1. The van der Waals surface area contributed by atoms with Gasteiger partial charge in [0.15, 0.2) is 23.4 Å². The normalized spacial score (nSPS) is 36.2. The molecule has 3 aliphatic carbocycles. The molecule has 0 amide bonds. The number of hydrogen-bond acceptors (Lipinski definition) is 5. The minimum atomic E-state index is -1.01. The maximum atomic E-state index is 14.3. The van der Waals surface area contributed by atoms with E-state index in [0.29, 0.717) is 30.8 Å². The lowest BCUT2D eigenvalue weighted by molar-refractivity contribution is -0.206. The zero-order valence-electron chi connectivity index (χ0n) is 18.0. The van der Waals surface area contributed by atoms with E-state index >= 15 is 0 Å². The molecule has 2 bridgehead atoms. The van der Waals surface area contributed by atoms with Crippen molar-refractivity contribution in [2.45, 2.75) is 55.3 Å². The number of aliphatic hydroxyl groups is 1. The van der Waals surface area contributed by atoms with Gasteiger partial charge in [0.05, 0.1) is 18.1 Å². The molecule has 2 aliphatic heterocycles. The van der Waals surface area contributed by atoms with Crippen LogP contribution in [0.15, 0.2) is 36.4 Å². The summed E-state index contributed by atoms with van der Waals surface area (Å²) < 4.78 is 12.2. The Bertz CT molecular complexity index is 1130. The van der Waals surface area contributed by atoms with Crippen LogP contribution in [-0.4, -0.2) is 54.2 Å². The summed E-state index contributed by atoms with van der Waals surface area (Å²) in [4.78, 5) is 16.6. The maximum Gasteiger partial charge on any atom is 0.181 e. The lowest BCUT2D eigenvalue weighted by atomic mass is 9.44. The number of rotatable bonds is 1. The lowest BCUT2D eigenvalue weighted by Gasteiger charge is -2.64. The van der Waals surface area contributed by atoms with E-state index in [-0.39, 0.29) is 11.8 Å². The molecule has 160 valence electrons. The summed E-state index contributed by atoms with van der Waals surface area (Å²) in [7, 11) is 3.76. The highest BCUT2D eigenvalue weighted by Crippen LogP contribution is 2.68. The van der Waals surface area contributed by atoms with Crippen LogP contribution in [0.4, 0.5) is 0 Å². The Morgan fingerprint density at radius 3 is 2.58 bits per heavy atom. The van der Waals surface area contributed by atoms with Crippen molar-refractivity contribution in [2.24, 2.45) is 5.41 Å². The van der Waals surface area contributed by atoms with Crippen molar-refractivity contribution < 1.29 is 19.4 Å². The number of ketones is 1. The minimum Gasteiger partial charge on any atom is -0.493 e. The van der Waals surface area contributed by atoms with Crippen LogP contribution in [0.2, 0.25) is 0 Å². The van der Waals surface area contributed by atoms with Gasteiger partial charge in [-0.05, 0) is 68.5 Å². The molecule has 0 aromatic heterocycles. The van der Waals surface area contributed by atoms with Crippen molar-refractivity contribution >= 4 is 5.78 Å². The van der Waals surface area contributed by atoms with Gasteiger partial charge in [-0.3, -0.25) is 4.79 Å². The number of ether oxygens (including phenoxy) is 2. The smallest absolute Gasteiger partial charge is 0.181 e. The molecule has 1 saturated heterocycles. The van der Waals surface area contributed by atoms with Gasteiger partial charge < -0.3 is 19.5 Å². The average Bonchev–Trinajstić information content (AvgIpc) is 3.30. The Morgan fingerprint density at radius 1 is 1.13 bits per heavy atom. The average molecular weight is 418 g/mol. The van der Waals surface area contributed by atoms with Crippen LogP contribution in [0.25, 0.3) is 0 Å². The topological polar surface area (TPSA) is 59.0 Å². The van der Waals surface area contributed by atoms with Gasteiger partial charge in [-0.1, -0.05) is 30.3 Å². The quantitative estimate of drug-likeness (QED) is 0.773. The number of hydrogen-bond donors (Lipinski definition) is 1. The Labute approximate surface area is 182 Å². The Kier molecular flexibility index (Phi) is 3.24. The largest absolute Gasteiger partial charge is 0.493 e. The summed E-state index contributed by atoms with van der Waals surface area (Å²) in [6.45, 7) is 0.851. The van der Waals surface area contributed by atoms with Crippen molar-refractivity contribution in [3.05, 3.63) is 58.7 Å². The summed E-state index contributed by atoms with van der Waals surface area (Å²) in [5.74, 6) is 1.52. The van der Waals surface area contributed by atoms with Crippen LogP contribution < -0.4 is 9.47 Å². The standard InChI is InChI=1S/C26H27NO4/c1-27-10-9-25-20-15-7-8-18(30-2)21(20)31-23(25)22(28)24(14-26(25,29)19(27)11-15)12-16-5-3-4-6-17(16)13-24/h3-8,19,23,29H,9-14H2,1-2H3/t19-,23?,25+,26?/m1/s1. The molecule has 0 radical (unpaired) electrons. The third-order valence-electron chi connectivity index (χ3n) is 9.23. The highest BCUT2D eigenvalue weighted by Gasteiger charge is 2.77. The second-order valence-electron chi connectivity index (χ2n) is 10.4. The fourth-order valence-electron chi connectivity index (χ4n) is 7.94. The Balaban J connectivity index is 1.47. The molecule has 2 unspecified atom stereocenters. The first-order valence-corrected chi connectivity index (χ1v) is 11.3. The fraction of sp³-hybridized carbons (Fsp3) is 0.500. The van der Waals surface area contributed by atoms with Gasteiger partial charge in [-0.2, -0.15) is 0 Å². The third kappa shape index (κ3) is 1.87. The van der Waals surface area contributed by atoms with Gasteiger partial charge in [-0.25, -0.2) is 0 Å². The van der Waals surface area contributed by atoms with Crippen LogP contribution in [0.1, 0.15) is 35.1 Å². The second-order valence-corrected chi connectivity index (χ2v) is 10.4. The van der Waals surface area contributed by atoms with Gasteiger partial charge in [0.2, 0.25) is 0 Å². The number of carbonyl (C=O) groups is 1. The summed E-state index contributed by atoms with van der Waals surface area (Å²) in [6, 6.07) is 12.4. The summed E-state index contributed by atoms with van der Waals surface area (Å²) in [5.41, 5.74) is 2.41. The molecule has 2 fully saturated rings. The van der Waals surface area contributed by atoms with Crippen molar-refractivity contribution in [3.63, 3.8) is 0 Å². The van der Waals surface area contributed by atoms with Crippen LogP contribution in [0, 0.1) is 5.41 Å². The molecule has 2 aromatic rings. The number of likely N-dealkylation sites (N-methyl/N-ethyl adjacent to an activating group) is 1. The lowest BCUT2D eigenvalue weighted by Crippen LogP contribution is -2.79. The molecule has 2 spiro atoms. The molecule has 1 N–H and O–H groups in total. The highest BCUT2D eigenvalue weighted by molar-refractivity contribution is 5.96. The predicted molar refractivity (Wildman–Crippen MR) is 115 cm³/mol. The minimum absolute atomic E-state index is 0.0205. The van der Waals surface area contributed by atoms with Crippen molar-refractivity contribution in [3.8, 4) is 11.5 Å². The zero-order chi connectivity index (χ0) is 21.2. The molecule has 5 heteroatoms. The van der Waals surface area contributed by atoms with E-state index < -0.39 is 22.5 Å². The van der Waals surface area contributed by atoms with Crippen LogP contribution >= 0.6 is 0 Å². The summed E-state index contributed by atoms with van der Waals surface area (Å²) in [5, 5.41) is 12.7. The third-order valence-corrected chi connectivity index (χ3v) is 9.23. The van der Waals surface area contributed by atoms with Crippen LogP contribution in [0.3, 0.4) is 0 Å². The number of nitrogens with zero attached hydrogens (tertiary/aromatic N) is 1. The van der Waals surface area contributed by atoms with Gasteiger partial charge in [0.25, 0.3) is 0 Å². The van der Waals surface area contributed by atoms with Crippen LogP contribution in [-0.2, 0) is 29.5 Å². The first-order valence-electron chi connectivity index (χ1n) is 11.3. The first kappa shape index (κ1) is 18.2. The Morgan fingerprint density at radius 2 is 1.87 bits per heavy atom. The number of Topliss-reactive ketones (excluding diaryl/α,β-unsaturated/α-hetero) is 1. The van der Waals surface area contributed by atoms with E-state index in [9.17, 15) is 9.90 Å². The molecule has 5 aliphatic rings. The first-order chi connectivity index (χ1) is 14.9. The molecule has 31 heavy (non-hydrogen) atoms. The van der Waals surface area contributed by atoms with Crippen molar-refractivity contribution in [1.82, 2.24) is 4.90 Å². The Hall–Kier alpha value is -2.37. The SMILES string of the molecule is COc1ccc2c3c1OC1C(=O)C4(Cc5ccccc5C4)CC4(O)[C@@H](C2)N(C)CC[C@]314. The fourth-order valence-corrected chi connectivity index (χ4v) is 7.94. The van der Waals surface area contributed by atoms with Gasteiger partial charge in [-0.15, -0.1) is 0 Å². The molecular formula is C26H27NO4. The van der Waals surface area contributed by atoms with E-state index in [1.807, 2.05) is 18.2 Å². The summed E-state index contributed by atoms with van der Waals surface area (Å²) >= 11 is 0. The zero-order valence-corrected chi connectivity index (χ0v) is 18.0. The number of likely N-dealkylation sites (tertiary alicyclic amines) is 1. The monoisotopic (exact) mass is 417 g/mol. The maximum absolute atomic E-state index is 14.3. The van der Waals surface area contributed by atoms with Crippen molar-refractivity contribution in [2.75, 3.05) is 20.7 Å². The number of piperidine rings is 1. The summed E-state index contributed by atoms with van der Waals surface area (Å²) in [6.07, 6.45) is 2.73. The van der Waals surface area contributed by atoms with Gasteiger partial charge in [0, 0.05) is 17.0 Å². The van der Waals surface area contributed by atoms with E-state index in [1.54, 1.807) is 7.11 Å². The van der Waals surface area contributed by atoms with Crippen LogP contribution in [0.5, 0.6) is 11.5 Å². The number of fused-ring (bicyclic) bond motifs is 1. The molecule has 2 heterocycles. The molecule has 1 saturated carbocycles. The van der Waals surface area contributed by atoms with Gasteiger partial charge >= 0.3 is 0 Å².